The lowest BCUT2D eigenvalue weighted by atomic mass is 10.2. The molecule has 67 heavy (non-hydrogen) atoms. The highest BCUT2D eigenvalue weighted by Crippen LogP contribution is 2.08. The third-order valence-corrected chi connectivity index (χ3v) is 9.70. The van der Waals surface area contributed by atoms with Gasteiger partial charge in [-0.05, 0) is 58.5 Å². The van der Waals surface area contributed by atoms with Crippen LogP contribution in [0.1, 0.15) is 96.3 Å². The molecule has 0 aromatic heterocycles. The van der Waals surface area contributed by atoms with Crippen LogP contribution in [0.15, 0.2) is 0 Å². The predicted octanol–water partition coefficient (Wildman–Crippen LogP) is 3.10. The monoisotopic (exact) mass is 933 g/mol. The summed E-state index contributed by atoms with van der Waals surface area (Å²) < 4.78 is 31.4. The smallest absolute Gasteiger partial charge is 0.307 e. The van der Waals surface area contributed by atoms with Crippen LogP contribution >= 0.6 is 0 Å². The molecule has 0 amide bonds. The Labute approximate surface area is 400 Å². The molecule has 0 saturated carbocycles. The SMILES string of the molecule is C#CCCOC(=O)CCN(CCCN(CCCN(CCC(=O)OCCC#C)CCC(=O)OCCC#C)CCCN(CCC(=O)OCCC#C)CCC(=O)OCCC#C)CCC(=O)OCCC#C. The maximum absolute atomic E-state index is 12.5. The first kappa shape index (κ1) is 61.0. The van der Waals surface area contributed by atoms with Crippen LogP contribution in [0, 0.1) is 74.1 Å². The van der Waals surface area contributed by atoms with Crippen LogP contribution in [-0.4, -0.2) is 174 Å². The molecule has 0 unspecified atom stereocenters. The highest BCUT2D eigenvalue weighted by atomic mass is 16.5. The Morgan fingerprint density at radius 2 is 0.418 bits per heavy atom. The van der Waals surface area contributed by atoms with Crippen LogP contribution in [0.25, 0.3) is 0 Å². The van der Waals surface area contributed by atoms with Crippen molar-refractivity contribution in [3.05, 3.63) is 0 Å². The normalized spacial score (nSPS) is 10.5. The van der Waals surface area contributed by atoms with Gasteiger partial charge in [0.1, 0.15) is 39.6 Å². The molecule has 16 heteroatoms. The van der Waals surface area contributed by atoms with E-state index in [0.29, 0.717) is 136 Å². The number of ether oxygens (including phenoxy) is 6. The first-order chi connectivity index (χ1) is 32.5. The number of carbonyl (C=O) groups is 6. The summed E-state index contributed by atoms with van der Waals surface area (Å²) in [5, 5.41) is 0. The zero-order chi connectivity index (χ0) is 49.6. The van der Waals surface area contributed by atoms with Crippen molar-refractivity contribution >= 4 is 35.8 Å². The third-order valence-electron chi connectivity index (χ3n) is 9.70. The summed E-state index contributed by atoms with van der Waals surface area (Å²) in [5.74, 6) is 12.3. The summed E-state index contributed by atoms with van der Waals surface area (Å²) in [7, 11) is 0. The Hall–Kier alpha value is -5.98. The van der Waals surface area contributed by atoms with E-state index in [2.05, 4.69) is 40.4 Å². The van der Waals surface area contributed by atoms with Gasteiger partial charge < -0.3 is 48.0 Å². The minimum absolute atomic E-state index is 0.107. The van der Waals surface area contributed by atoms with E-state index in [0.717, 1.165) is 0 Å². The maximum Gasteiger partial charge on any atom is 0.307 e. The second-order valence-electron chi connectivity index (χ2n) is 15.0. The lowest BCUT2D eigenvalue weighted by molar-refractivity contribution is -0.145. The summed E-state index contributed by atoms with van der Waals surface area (Å²) in [6, 6.07) is 0. The molecule has 0 aromatic carbocycles. The first-order valence-corrected chi connectivity index (χ1v) is 23.0. The molecule has 368 valence electrons. The molecule has 0 saturated heterocycles. The van der Waals surface area contributed by atoms with Crippen LogP contribution in [0.2, 0.25) is 0 Å². The first-order valence-electron chi connectivity index (χ1n) is 23.0. The van der Waals surface area contributed by atoms with E-state index in [1.807, 2.05) is 14.7 Å². The summed E-state index contributed by atoms with van der Waals surface area (Å²) in [5.41, 5.74) is 0. The van der Waals surface area contributed by atoms with Crippen molar-refractivity contribution in [3.63, 3.8) is 0 Å². The Morgan fingerprint density at radius 1 is 0.269 bits per heavy atom. The average Bonchev–Trinajstić information content (AvgIpc) is 3.31. The van der Waals surface area contributed by atoms with E-state index in [9.17, 15) is 28.8 Å². The fourth-order valence-corrected chi connectivity index (χ4v) is 6.17. The van der Waals surface area contributed by atoms with Gasteiger partial charge in [0.2, 0.25) is 0 Å². The van der Waals surface area contributed by atoms with E-state index in [1.54, 1.807) is 0 Å². The summed E-state index contributed by atoms with van der Waals surface area (Å²) >= 11 is 0. The molecule has 0 rings (SSSR count). The van der Waals surface area contributed by atoms with E-state index >= 15 is 0 Å². The van der Waals surface area contributed by atoms with Gasteiger partial charge in [-0.1, -0.05) is 0 Å². The molecule has 0 aromatic rings. The molecule has 0 N–H and O–H groups in total. The van der Waals surface area contributed by atoms with Crippen LogP contribution in [0.4, 0.5) is 0 Å². The fraction of sp³-hybridized carbons (Fsp3) is 0.647. The van der Waals surface area contributed by atoms with Crippen molar-refractivity contribution in [2.24, 2.45) is 0 Å². The van der Waals surface area contributed by atoms with Gasteiger partial charge in [-0.15, -0.1) is 74.1 Å². The number of terminal acetylenes is 6. The molecule has 0 aliphatic heterocycles. The lowest BCUT2D eigenvalue weighted by Gasteiger charge is -2.28. The number of carbonyl (C=O) groups excluding carboxylic acids is 6. The average molecular weight is 933 g/mol. The zero-order valence-electron chi connectivity index (χ0n) is 39.5. The van der Waals surface area contributed by atoms with Crippen molar-refractivity contribution in [2.75, 3.05) is 118 Å². The topological polar surface area (TPSA) is 171 Å². The standard InChI is InChI=1S/C51H72N4O12/c1-7-13-40-62-46(56)22-34-53(35-23-47(57)63-41-14-8-2)31-19-28-52(29-20-32-54(36-24-48(58)64-42-15-9-3)37-25-49(59)65-43-16-10-4)30-21-33-55(38-26-50(60)66-44-17-11-5)39-27-51(61)67-45-18-12-6/h1-6H,13-45H2. The molecular formula is C51H72N4O12. The van der Waals surface area contributed by atoms with E-state index < -0.39 is 35.8 Å². The molecule has 0 aliphatic carbocycles. The van der Waals surface area contributed by atoms with E-state index in [4.69, 9.17) is 67.0 Å². The zero-order valence-corrected chi connectivity index (χ0v) is 39.5. The molecule has 0 radical (unpaired) electrons. The van der Waals surface area contributed by atoms with Crippen molar-refractivity contribution in [3.8, 4) is 74.1 Å². The number of hydrogen-bond donors (Lipinski definition) is 0. The largest absolute Gasteiger partial charge is 0.465 e. The molecule has 0 fully saturated rings. The summed E-state index contributed by atoms with van der Waals surface area (Å²) in [4.78, 5) is 83.1. The minimum Gasteiger partial charge on any atom is -0.465 e. The molecule has 16 nitrogen and oxygen atoms in total. The van der Waals surface area contributed by atoms with E-state index in [-0.39, 0.29) is 78.2 Å². The molecule has 0 aliphatic rings. The quantitative estimate of drug-likeness (QED) is 0.0379. The van der Waals surface area contributed by atoms with Crippen LogP contribution in [-0.2, 0) is 57.2 Å². The second-order valence-corrected chi connectivity index (χ2v) is 15.0. The highest BCUT2D eigenvalue weighted by Gasteiger charge is 2.18. The maximum atomic E-state index is 12.5. The number of rotatable bonds is 42. The van der Waals surface area contributed by atoms with Crippen LogP contribution < -0.4 is 0 Å². The van der Waals surface area contributed by atoms with Crippen LogP contribution in [0.3, 0.4) is 0 Å². The van der Waals surface area contributed by atoms with Gasteiger partial charge in [0.05, 0.1) is 38.5 Å². The van der Waals surface area contributed by atoms with Gasteiger partial charge in [0.15, 0.2) is 0 Å². The molecule has 0 atom stereocenters. The van der Waals surface area contributed by atoms with Gasteiger partial charge in [-0.2, -0.15) is 0 Å². The van der Waals surface area contributed by atoms with Gasteiger partial charge in [-0.3, -0.25) is 28.8 Å². The van der Waals surface area contributed by atoms with Crippen molar-refractivity contribution < 1.29 is 57.2 Å². The lowest BCUT2D eigenvalue weighted by Crippen LogP contribution is -2.37. The van der Waals surface area contributed by atoms with Crippen LogP contribution in [0.5, 0.6) is 0 Å². The number of esters is 6. The summed E-state index contributed by atoms with van der Waals surface area (Å²) in [6.45, 7) is 6.44. The highest BCUT2D eigenvalue weighted by molar-refractivity contribution is 5.71. The van der Waals surface area contributed by atoms with Gasteiger partial charge >= 0.3 is 35.8 Å². The molecule has 0 heterocycles. The van der Waals surface area contributed by atoms with Gasteiger partial charge in [0.25, 0.3) is 0 Å². The van der Waals surface area contributed by atoms with E-state index in [1.165, 1.54) is 0 Å². The number of nitrogens with zero attached hydrogens (tertiary/aromatic N) is 4. The van der Waals surface area contributed by atoms with Gasteiger partial charge in [0, 0.05) is 77.8 Å². The Bertz CT molecular complexity index is 1390. The third kappa shape index (κ3) is 39.0. The number of hydrogen-bond acceptors (Lipinski definition) is 16. The Kier molecular flexibility index (Phi) is 40.0. The molecular weight excluding hydrogens is 861 g/mol. The molecule has 0 spiro atoms. The second kappa shape index (κ2) is 43.9. The predicted molar refractivity (Wildman–Crippen MR) is 254 cm³/mol. The minimum atomic E-state index is -0.393. The molecule has 0 bridgehead atoms. The van der Waals surface area contributed by atoms with Crippen molar-refractivity contribution in [2.45, 2.75) is 96.3 Å². The van der Waals surface area contributed by atoms with Crippen molar-refractivity contribution in [1.82, 2.24) is 19.6 Å². The Morgan fingerprint density at radius 3 is 0.567 bits per heavy atom. The summed E-state index contributed by atoms with van der Waals surface area (Å²) in [6.07, 6.45) is 36.2. The fourth-order valence-electron chi connectivity index (χ4n) is 6.17. The Balaban J connectivity index is 6.11. The van der Waals surface area contributed by atoms with Crippen molar-refractivity contribution in [1.29, 1.82) is 0 Å². The van der Waals surface area contributed by atoms with Gasteiger partial charge in [-0.25, -0.2) is 0 Å².